The SMILES string of the molecule is COC(=O)c1cc[nH]c(=O)c1-c1ccc(OCOCC[Si](C)(C)C)c(C)c1. The fourth-order valence-electron chi connectivity index (χ4n) is 2.55. The van der Waals surface area contributed by atoms with Crippen LogP contribution in [0.4, 0.5) is 0 Å². The molecule has 1 N–H and O–H groups in total. The summed E-state index contributed by atoms with van der Waals surface area (Å²) in [6, 6.07) is 7.96. The fraction of sp³-hybridized carbons (Fsp3) is 0.400. The van der Waals surface area contributed by atoms with E-state index in [1.807, 2.05) is 13.0 Å². The van der Waals surface area contributed by atoms with Crippen LogP contribution in [0.3, 0.4) is 0 Å². The van der Waals surface area contributed by atoms with E-state index < -0.39 is 14.0 Å². The molecule has 0 spiro atoms. The zero-order valence-electron chi connectivity index (χ0n) is 16.5. The molecule has 0 unspecified atom stereocenters. The number of hydrogen-bond donors (Lipinski definition) is 1. The maximum absolute atomic E-state index is 12.3. The van der Waals surface area contributed by atoms with Crippen molar-refractivity contribution in [1.29, 1.82) is 0 Å². The largest absolute Gasteiger partial charge is 0.467 e. The van der Waals surface area contributed by atoms with E-state index in [2.05, 4.69) is 24.6 Å². The molecule has 146 valence electrons. The molecule has 6 nitrogen and oxygen atoms in total. The minimum atomic E-state index is -1.12. The number of rotatable bonds is 8. The van der Waals surface area contributed by atoms with Gasteiger partial charge in [-0.3, -0.25) is 4.79 Å². The highest BCUT2D eigenvalue weighted by Gasteiger charge is 2.17. The average Bonchev–Trinajstić information content (AvgIpc) is 2.60. The summed E-state index contributed by atoms with van der Waals surface area (Å²) in [5.41, 5.74) is 1.64. The van der Waals surface area contributed by atoms with Crippen LogP contribution in [0.25, 0.3) is 11.1 Å². The van der Waals surface area contributed by atoms with Gasteiger partial charge in [0.1, 0.15) is 5.75 Å². The van der Waals surface area contributed by atoms with Crippen LogP contribution in [0.15, 0.2) is 35.3 Å². The normalized spacial score (nSPS) is 11.3. The smallest absolute Gasteiger partial charge is 0.338 e. The van der Waals surface area contributed by atoms with Crippen molar-refractivity contribution in [3.8, 4) is 16.9 Å². The summed E-state index contributed by atoms with van der Waals surface area (Å²) in [5.74, 6) is 0.128. The molecule has 0 amide bonds. The Morgan fingerprint density at radius 1 is 1.19 bits per heavy atom. The van der Waals surface area contributed by atoms with Crippen molar-refractivity contribution < 1.29 is 19.0 Å². The molecular weight excluding hydrogens is 362 g/mol. The molecule has 0 saturated heterocycles. The number of pyridine rings is 1. The Kier molecular flexibility index (Phi) is 6.98. The molecule has 1 aromatic carbocycles. The second-order valence-electron chi connectivity index (χ2n) is 7.55. The van der Waals surface area contributed by atoms with Crippen molar-refractivity contribution in [3.63, 3.8) is 0 Å². The number of hydrogen-bond acceptors (Lipinski definition) is 5. The standard InChI is InChI=1S/C20H27NO5Si/c1-14-12-15(18-16(20(23)24-2)8-9-21-19(18)22)6-7-17(14)26-13-25-10-11-27(3,4)5/h6-9,12H,10-11,13H2,1-5H3,(H,21,22). The van der Waals surface area contributed by atoms with Crippen LogP contribution in [0.5, 0.6) is 5.75 Å². The van der Waals surface area contributed by atoms with Gasteiger partial charge in [0.2, 0.25) is 0 Å². The molecule has 0 fully saturated rings. The third kappa shape index (κ3) is 5.80. The first-order valence-corrected chi connectivity index (χ1v) is 12.6. The van der Waals surface area contributed by atoms with E-state index in [1.54, 1.807) is 12.1 Å². The highest BCUT2D eigenvalue weighted by Crippen LogP contribution is 2.26. The summed E-state index contributed by atoms with van der Waals surface area (Å²) in [6.45, 7) is 9.66. The predicted molar refractivity (Wildman–Crippen MR) is 108 cm³/mol. The molecule has 0 aliphatic heterocycles. The monoisotopic (exact) mass is 389 g/mol. The van der Waals surface area contributed by atoms with Crippen molar-refractivity contribution in [2.24, 2.45) is 0 Å². The Labute approximate surface area is 160 Å². The minimum absolute atomic E-state index is 0.185. The van der Waals surface area contributed by atoms with Crippen molar-refractivity contribution in [3.05, 3.63) is 51.9 Å². The predicted octanol–water partition coefficient (Wildman–Crippen LogP) is 3.83. The Balaban J connectivity index is 2.14. The average molecular weight is 390 g/mol. The van der Waals surface area contributed by atoms with E-state index in [0.29, 0.717) is 17.9 Å². The number of benzene rings is 1. The van der Waals surface area contributed by atoms with Crippen molar-refractivity contribution >= 4 is 14.0 Å². The van der Waals surface area contributed by atoms with Crippen LogP contribution < -0.4 is 10.3 Å². The topological polar surface area (TPSA) is 77.6 Å². The molecule has 0 radical (unpaired) electrons. The summed E-state index contributed by atoms with van der Waals surface area (Å²) in [5, 5.41) is 0. The lowest BCUT2D eigenvalue weighted by Gasteiger charge is -2.16. The fourth-order valence-corrected chi connectivity index (χ4v) is 3.31. The van der Waals surface area contributed by atoms with Gasteiger partial charge in [-0.1, -0.05) is 25.7 Å². The number of aromatic nitrogens is 1. The van der Waals surface area contributed by atoms with E-state index >= 15 is 0 Å². The second kappa shape index (κ2) is 9.01. The molecule has 0 aliphatic rings. The number of aryl methyl sites for hydroxylation is 1. The first-order valence-electron chi connectivity index (χ1n) is 8.84. The Hall–Kier alpha value is -2.38. The Bertz CT molecular complexity index is 854. The quantitative estimate of drug-likeness (QED) is 0.321. The highest BCUT2D eigenvalue weighted by molar-refractivity contribution is 6.76. The van der Waals surface area contributed by atoms with Crippen LogP contribution in [0.1, 0.15) is 15.9 Å². The van der Waals surface area contributed by atoms with Crippen LogP contribution in [-0.2, 0) is 9.47 Å². The van der Waals surface area contributed by atoms with Gasteiger partial charge in [0.25, 0.3) is 5.56 Å². The van der Waals surface area contributed by atoms with Crippen molar-refractivity contribution in [1.82, 2.24) is 4.98 Å². The lowest BCUT2D eigenvalue weighted by molar-refractivity contribution is 0.0216. The van der Waals surface area contributed by atoms with Crippen LogP contribution in [-0.4, -0.2) is 39.5 Å². The maximum atomic E-state index is 12.3. The first-order chi connectivity index (χ1) is 12.7. The van der Waals surface area contributed by atoms with E-state index in [0.717, 1.165) is 11.6 Å². The molecule has 0 aliphatic carbocycles. The molecule has 1 heterocycles. The summed E-state index contributed by atoms with van der Waals surface area (Å²) >= 11 is 0. The summed E-state index contributed by atoms with van der Waals surface area (Å²) in [4.78, 5) is 26.8. The Morgan fingerprint density at radius 2 is 1.93 bits per heavy atom. The molecule has 0 bridgehead atoms. The molecule has 0 atom stereocenters. The molecule has 27 heavy (non-hydrogen) atoms. The van der Waals surface area contributed by atoms with Gasteiger partial charge in [-0.05, 0) is 42.3 Å². The van der Waals surface area contributed by atoms with Gasteiger partial charge in [0.15, 0.2) is 6.79 Å². The van der Waals surface area contributed by atoms with Gasteiger partial charge in [-0.2, -0.15) is 0 Å². The summed E-state index contributed by atoms with van der Waals surface area (Å²) in [6.07, 6.45) is 1.43. The maximum Gasteiger partial charge on any atom is 0.338 e. The van der Waals surface area contributed by atoms with Crippen LogP contribution >= 0.6 is 0 Å². The number of methoxy groups -OCH3 is 1. The number of carbonyl (C=O) groups excluding carboxylic acids is 1. The lowest BCUT2D eigenvalue weighted by Crippen LogP contribution is -2.22. The summed E-state index contributed by atoms with van der Waals surface area (Å²) in [7, 11) is 0.173. The Morgan fingerprint density at radius 3 is 2.56 bits per heavy atom. The molecule has 2 rings (SSSR count). The summed E-state index contributed by atoms with van der Waals surface area (Å²) < 4.78 is 16.0. The van der Waals surface area contributed by atoms with Crippen molar-refractivity contribution in [2.75, 3.05) is 20.5 Å². The number of carbonyl (C=O) groups is 1. The third-order valence-corrected chi connectivity index (χ3v) is 5.83. The van der Waals surface area contributed by atoms with Gasteiger partial charge >= 0.3 is 5.97 Å². The molecule has 1 aromatic heterocycles. The van der Waals surface area contributed by atoms with Gasteiger partial charge in [-0.15, -0.1) is 0 Å². The van der Waals surface area contributed by atoms with E-state index in [9.17, 15) is 9.59 Å². The van der Waals surface area contributed by atoms with Crippen LogP contribution in [0.2, 0.25) is 25.7 Å². The third-order valence-electron chi connectivity index (χ3n) is 4.12. The number of ether oxygens (including phenoxy) is 3. The van der Waals surface area contributed by atoms with Gasteiger partial charge in [-0.25, -0.2) is 4.79 Å². The van der Waals surface area contributed by atoms with Gasteiger partial charge in [0, 0.05) is 20.9 Å². The second-order valence-corrected chi connectivity index (χ2v) is 13.2. The minimum Gasteiger partial charge on any atom is -0.467 e. The molecule has 0 saturated carbocycles. The number of esters is 1. The lowest BCUT2D eigenvalue weighted by atomic mass is 10.00. The van der Waals surface area contributed by atoms with Gasteiger partial charge in [0.05, 0.1) is 18.2 Å². The number of H-pyrrole nitrogens is 1. The zero-order valence-corrected chi connectivity index (χ0v) is 17.5. The number of aromatic amines is 1. The van der Waals surface area contributed by atoms with E-state index in [1.165, 1.54) is 19.4 Å². The molecule has 2 aromatic rings. The van der Waals surface area contributed by atoms with Gasteiger partial charge < -0.3 is 19.2 Å². The number of nitrogens with one attached hydrogen (secondary N) is 1. The van der Waals surface area contributed by atoms with E-state index in [4.69, 9.17) is 14.2 Å². The molecular formula is C20H27NO5Si. The first kappa shape index (κ1) is 20.9. The van der Waals surface area contributed by atoms with E-state index in [-0.39, 0.29) is 23.5 Å². The van der Waals surface area contributed by atoms with Crippen molar-refractivity contribution in [2.45, 2.75) is 32.6 Å². The highest BCUT2D eigenvalue weighted by atomic mass is 28.3. The molecule has 7 heteroatoms. The van der Waals surface area contributed by atoms with Crippen LogP contribution in [0, 0.1) is 6.92 Å². The zero-order chi connectivity index (χ0) is 20.0.